The predicted octanol–water partition coefficient (Wildman–Crippen LogP) is 3.45. The van der Waals surface area contributed by atoms with Gasteiger partial charge in [-0.05, 0) is 42.8 Å². The van der Waals surface area contributed by atoms with E-state index in [-0.39, 0.29) is 28.6 Å². The van der Waals surface area contributed by atoms with Crippen LogP contribution in [0.2, 0.25) is 10.0 Å². The summed E-state index contributed by atoms with van der Waals surface area (Å²) in [5, 5.41) is 0.676. The Kier molecular flexibility index (Phi) is 6.88. The van der Waals surface area contributed by atoms with E-state index in [1.54, 1.807) is 12.1 Å². The van der Waals surface area contributed by atoms with Crippen molar-refractivity contribution in [1.29, 1.82) is 0 Å². The van der Waals surface area contributed by atoms with Crippen LogP contribution in [-0.2, 0) is 14.8 Å². The van der Waals surface area contributed by atoms with Crippen LogP contribution in [-0.4, -0.2) is 34.6 Å². The number of ether oxygens (including phenoxy) is 2. The minimum Gasteiger partial charge on any atom is -0.492 e. The highest BCUT2D eigenvalue weighted by molar-refractivity contribution is 7.89. The number of sulfonamides is 1. The summed E-state index contributed by atoms with van der Waals surface area (Å²) in [4.78, 5) is 11.5. The van der Waals surface area contributed by atoms with Gasteiger partial charge >= 0.3 is 5.97 Å². The van der Waals surface area contributed by atoms with Crippen molar-refractivity contribution >= 4 is 39.2 Å². The Morgan fingerprint density at radius 3 is 2.50 bits per heavy atom. The number of benzene rings is 2. The van der Waals surface area contributed by atoms with Crippen molar-refractivity contribution in [3.05, 3.63) is 57.6 Å². The molecule has 0 aliphatic heterocycles. The van der Waals surface area contributed by atoms with Crippen molar-refractivity contribution in [1.82, 2.24) is 4.72 Å². The lowest BCUT2D eigenvalue weighted by Gasteiger charge is -2.10. The van der Waals surface area contributed by atoms with Crippen LogP contribution in [0.25, 0.3) is 0 Å². The summed E-state index contributed by atoms with van der Waals surface area (Å²) >= 11 is 11.9. The normalized spacial score (nSPS) is 11.2. The number of methoxy groups -OCH3 is 1. The van der Waals surface area contributed by atoms with E-state index < -0.39 is 16.0 Å². The Morgan fingerprint density at radius 1 is 1.12 bits per heavy atom. The summed E-state index contributed by atoms with van der Waals surface area (Å²) in [5.74, 6) is -0.175. The average Bonchev–Trinajstić information content (AvgIpc) is 2.61. The Hall–Kier alpha value is -1.80. The van der Waals surface area contributed by atoms with E-state index in [0.717, 1.165) is 11.6 Å². The zero-order valence-corrected chi connectivity index (χ0v) is 16.4. The van der Waals surface area contributed by atoms with Crippen LogP contribution in [0.4, 0.5) is 0 Å². The quantitative estimate of drug-likeness (QED) is 0.550. The summed E-state index contributed by atoms with van der Waals surface area (Å²) in [6.45, 7) is 2.01. The van der Waals surface area contributed by atoms with E-state index in [2.05, 4.69) is 9.46 Å². The number of halogens is 2. The second-order valence-electron chi connectivity index (χ2n) is 5.29. The van der Waals surface area contributed by atoms with Gasteiger partial charge in [-0.25, -0.2) is 17.9 Å². The fraction of sp³-hybridized carbons (Fsp3) is 0.235. The number of rotatable bonds is 7. The van der Waals surface area contributed by atoms with E-state index in [1.807, 2.05) is 13.0 Å². The fourth-order valence-electron chi connectivity index (χ4n) is 2.03. The third-order valence-electron chi connectivity index (χ3n) is 3.46. The molecule has 9 heteroatoms. The molecule has 2 aromatic rings. The highest BCUT2D eigenvalue weighted by atomic mass is 35.5. The van der Waals surface area contributed by atoms with Gasteiger partial charge in [-0.15, -0.1) is 0 Å². The molecule has 1 N–H and O–H groups in total. The van der Waals surface area contributed by atoms with Crippen LogP contribution in [0.1, 0.15) is 15.9 Å². The van der Waals surface area contributed by atoms with Gasteiger partial charge in [0.2, 0.25) is 10.0 Å². The third-order valence-corrected chi connectivity index (χ3v) is 5.66. The minimum atomic E-state index is -3.83. The SMILES string of the molecule is COC(=O)c1cc(S(=O)(=O)NCCOc2ccc(C)c(Cl)c2)ccc1Cl. The number of nitrogens with one attached hydrogen (secondary N) is 1. The van der Waals surface area contributed by atoms with E-state index in [1.165, 1.54) is 19.2 Å². The van der Waals surface area contributed by atoms with Crippen molar-refractivity contribution in [3.8, 4) is 5.75 Å². The van der Waals surface area contributed by atoms with Crippen LogP contribution in [0.3, 0.4) is 0 Å². The van der Waals surface area contributed by atoms with Gasteiger partial charge in [0.25, 0.3) is 0 Å². The monoisotopic (exact) mass is 417 g/mol. The van der Waals surface area contributed by atoms with Crippen molar-refractivity contribution in [2.24, 2.45) is 0 Å². The second kappa shape index (κ2) is 8.73. The van der Waals surface area contributed by atoms with Crippen molar-refractivity contribution in [3.63, 3.8) is 0 Å². The van der Waals surface area contributed by atoms with Gasteiger partial charge in [-0.1, -0.05) is 29.3 Å². The highest BCUT2D eigenvalue weighted by Gasteiger charge is 2.18. The smallest absolute Gasteiger partial charge is 0.339 e. The van der Waals surface area contributed by atoms with E-state index >= 15 is 0 Å². The van der Waals surface area contributed by atoms with E-state index in [0.29, 0.717) is 10.8 Å². The molecule has 2 aromatic carbocycles. The Balaban J connectivity index is 2.00. The van der Waals surface area contributed by atoms with Crippen LogP contribution in [0.5, 0.6) is 5.75 Å². The zero-order chi connectivity index (χ0) is 19.3. The van der Waals surface area contributed by atoms with Gasteiger partial charge in [-0.2, -0.15) is 0 Å². The summed E-state index contributed by atoms with van der Waals surface area (Å²) < 4.78 is 37.1. The Bertz CT molecular complexity index is 915. The van der Waals surface area contributed by atoms with Gasteiger partial charge in [0.05, 0.1) is 22.6 Å². The van der Waals surface area contributed by atoms with E-state index in [9.17, 15) is 13.2 Å². The molecular weight excluding hydrogens is 401 g/mol. The van der Waals surface area contributed by atoms with Gasteiger partial charge in [-0.3, -0.25) is 0 Å². The molecule has 0 radical (unpaired) electrons. The number of carbonyl (C=O) groups is 1. The Morgan fingerprint density at radius 2 is 1.85 bits per heavy atom. The van der Waals surface area contributed by atoms with E-state index in [4.69, 9.17) is 27.9 Å². The first-order chi connectivity index (χ1) is 12.2. The molecule has 0 bridgehead atoms. The molecule has 0 unspecified atom stereocenters. The lowest BCUT2D eigenvalue weighted by molar-refractivity contribution is 0.0600. The van der Waals surface area contributed by atoms with Gasteiger partial charge in [0, 0.05) is 11.6 Å². The molecule has 0 saturated heterocycles. The summed E-state index contributed by atoms with van der Waals surface area (Å²) in [7, 11) is -2.65. The van der Waals surface area contributed by atoms with Crippen LogP contribution in [0, 0.1) is 6.92 Å². The standard InChI is InChI=1S/C17H17Cl2NO5S/c1-11-3-4-12(9-16(11)19)25-8-7-20-26(22,23)13-5-6-15(18)14(10-13)17(21)24-2/h3-6,9-10,20H,7-8H2,1-2H3. The number of hydrogen-bond acceptors (Lipinski definition) is 5. The molecule has 0 amide bonds. The predicted molar refractivity (Wildman–Crippen MR) is 99.7 cm³/mol. The molecule has 0 fully saturated rings. The van der Waals surface area contributed by atoms with Crippen LogP contribution < -0.4 is 9.46 Å². The zero-order valence-electron chi connectivity index (χ0n) is 14.1. The first kappa shape index (κ1) is 20.5. The molecule has 0 aliphatic rings. The van der Waals surface area contributed by atoms with Crippen LogP contribution in [0.15, 0.2) is 41.3 Å². The lowest BCUT2D eigenvalue weighted by Crippen LogP contribution is -2.28. The molecule has 0 aromatic heterocycles. The summed E-state index contributed by atoms with van der Waals surface area (Å²) in [6, 6.07) is 9.01. The van der Waals surface area contributed by atoms with Gasteiger partial charge in [0.15, 0.2) is 0 Å². The molecule has 0 aliphatic carbocycles. The molecule has 2 rings (SSSR count). The summed E-state index contributed by atoms with van der Waals surface area (Å²) in [6.07, 6.45) is 0. The van der Waals surface area contributed by atoms with Crippen molar-refractivity contribution in [2.45, 2.75) is 11.8 Å². The number of carbonyl (C=O) groups excluding carboxylic acids is 1. The average molecular weight is 418 g/mol. The topological polar surface area (TPSA) is 81.7 Å². The molecular formula is C17H17Cl2NO5S. The molecule has 6 nitrogen and oxygen atoms in total. The fourth-order valence-corrected chi connectivity index (χ4v) is 3.43. The maximum atomic E-state index is 12.3. The highest BCUT2D eigenvalue weighted by Crippen LogP contribution is 2.22. The summed E-state index contributed by atoms with van der Waals surface area (Å²) in [5.41, 5.74) is 0.895. The Labute approximate surface area is 162 Å². The molecule has 0 saturated carbocycles. The van der Waals surface area contributed by atoms with Gasteiger partial charge in [0.1, 0.15) is 12.4 Å². The first-order valence-corrected chi connectivity index (χ1v) is 9.75. The largest absolute Gasteiger partial charge is 0.492 e. The maximum Gasteiger partial charge on any atom is 0.339 e. The molecule has 0 atom stereocenters. The number of aryl methyl sites for hydroxylation is 1. The van der Waals surface area contributed by atoms with Crippen LogP contribution >= 0.6 is 23.2 Å². The van der Waals surface area contributed by atoms with Crippen molar-refractivity contribution < 1.29 is 22.7 Å². The second-order valence-corrected chi connectivity index (χ2v) is 7.87. The number of esters is 1. The molecule has 0 heterocycles. The molecule has 140 valence electrons. The van der Waals surface area contributed by atoms with Gasteiger partial charge < -0.3 is 9.47 Å². The molecule has 0 spiro atoms. The number of hydrogen-bond donors (Lipinski definition) is 1. The maximum absolute atomic E-state index is 12.3. The lowest BCUT2D eigenvalue weighted by atomic mass is 10.2. The third kappa shape index (κ3) is 5.11. The molecule has 26 heavy (non-hydrogen) atoms. The van der Waals surface area contributed by atoms with Crippen molar-refractivity contribution in [2.75, 3.05) is 20.3 Å². The minimum absolute atomic E-state index is 0.0254. The first-order valence-electron chi connectivity index (χ1n) is 7.51.